The first kappa shape index (κ1) is 11.6. The average Bonchev–Trinajstić information content (AvgIpc) is 2.32. The van der Waals surface area contributed by atoms with Crippen molar-refractivity contribution in [1.29, 1.82) is 0 Å². The van der Waals surface area contributed by atoms with Crippen molar-refractivity contribution in [2.45, 2.75) is 31.9 Å². The number of hydrogen-bond acceptors (Lipinski definition) is 4. The molecule has 2 unspecified atom stereocenters. The lowest BCUT2D eigenvalue weighted by Crippen LogP contribution is -2.47. The van der Waals surface area contributed by atoms with E-state index in [2.05, 4.69) is 28.9 Å². The van der Waals surface area contributed by atoms with E-state index in [4.69, 9.17) is 16.3 Å². The summed E-state index contributed by atoms with van der Waals surface area (Å²) in [5, 5.41) is 8.26. The van der Waals surface area contributed by atoms with Gasteiger partial charge in [0.2, 0.25) is 0 Å². The van der Waals surface area contributed by atoms with Crippen molar-refractivity contribution >= 4 is 17.4 Å². The molecule has 0 saturated carbocycles. The van der Waals surface area contributed by atoms with Gasteiger partial charge < -0.3 is 9.64 Å². The van der Waals surface area contributed by atoms with Crippen molar-refractivity contribution in [3.05, 3.63) is 17.8 Å². The maximum Gasteiger partial charge on any atom is 0.151 e. The molecule has 0 amide bonds. The van der Waals surface area contributed by atoms with Crippen molar-refractivity contribution in [3.8, 4) is 0 Å². The van der Waals surface area contributed by atoms with Gasteiger partial charge in [0.15, 0.2) is 5.82 Å². The van der Waals surface area contributed by atoms with Crippen molar-refractivity contribution < 1.29 is 4.74 Å². The molecule has 0 aromatic carbocycles. The van der Waals surface area contributed by atoms with E-state index in [1.807, 2.05) is 12.1 Å². The van der Waals surface area contributed by atoms with E-state index in [1.165, 1.54) is 0 Å². The third kappa shape index (κ3) is 2.44. The summed E-state index contributed by atoms with van der Waals surface area (Å²) < 4.78 is 5.58. The van der Waals surface area contributed by atoms with Crippen LogP contribution in [-0.4, -0.2) is 35.5 Å². The monoisotopic (exact) mass is 241 g/mol. The Balaban J connectivity index is 2.15. The molecule has 1 aromatic heterocycles. The summed E-state index contributed by atoms with van der Waals surface area (Å²) in [6.07, 6.45) is 0.241. The number of halogens is 1. The van der Waals surface area contributed by atoms with Gasteiger partial charge in [0.05, 0.1) is 30.3 Å². The number of rotatable bonds is 2. The van der Waals surface area contributed by atoms with E-state index in [9.17, 15) is 0 Å². The predicted molar refractivity (Wildman–Crippen MR) is 63.8 cm³/mol. The molecule has 1 aliphatic rings. The molecule has 5 heteroatoms. The Morgan fingerprint density at radius 2 is 2.25 bits per heavy atom. The molecule has 0 bridgehead atoms. The Hall–Kier alpha value is -0.870. The molecule has 0 aliphatic carbocycles. The first-order valence-corrected chi connectivity index (χ1v) is 6.01. The van der Waals surface area contributed by atoms with Crippen LogP contribution in [0.3, 0.4) is 0 Å². The minimum absolute atomic E-state index is 0.241. The van der Waals surface area contributed by atoms with Crippen LogP contribution in [0.4, 0.5) is 5.82 Å². The number of ether oxygens (including phenoxy) is 1. The van der Waals surface area contributed by atoms with Gasteiger partial charge in [0.25, 0.3) is 0 Å². The Kier molecular flexibility index (Phi) is 3.61. The quantitative estimate of drug-likeness (QED) is 0.741. The lowest BCUT2D eigenvalue weighted by atomic mass is 10.2. The third-order valence-corrected chi connectivity index (χ3v) is 3.02. The normalized spacial score (nSPS) is 25.8. The second-order valence-electron chi connectivity index (χ2n) is 4.16. The summed E-state index contributed by atoms with van der Waals surface area (Å²) in [5.74, 6) is 1.30. The SMILES string of the molecule is CC1CN(c2ccc(CCl)nn2)C(C)CO1. The van der Waals surface area contributed by atoms with Crippen molar-refractivity contribution in [3.63, 3.8) is 0 Å². The molecule has 88 valence electrons. The Bertz CT molecular complexity index is 344. The summed E-state index contributed by atoms with van der Waals surface area (Å²) in [5.41, 5.74) is 0.805. The molecule has 0 radical (unpaired) electrons. The molecule has 2 heterocycles. The van der Waals surface area contributed by atoms with Gasteiger partial charge in [0, 0.05) is 6.54 Å². The minimum atomic E-state index is 0.241. The van der Waals surface area contributed by atoms with Crippen LogP contribution in [0, 0.1) is 0 Å². The van der Waals surface area contributed by atoms with Gasteiger partial charge in [-0.25, -0.2) is 0 Å². The zero-order valence-corrected chi connectivity index (χ0v) is 10.3. The predicted octanol–water partition coefficient (Wildman–Crippen LogP) is 1.83. The number of alkyl halides is 1. The maximum atomic E-state index is 5.68. The Morgan fingerprint density at radius 1 is 1.44 bits per heavy atom. The van der Waals surface area contributed by atoms with Crippen molar-refractivity contribution in [2.24, 2.45) is 0 Å². The molecular formula is C11H16ClN3O. The van der Waals surface area contributed by atoms with Crippen LogP contribution < -0.4 is 4.90 Å². The van der Waals surface area contributed by atoms with Gasteiger partial charge in [-0.1, -0.05) is 0 Å². The second kappa shape index (κ2) is 4.97. The lowest BCUT2D eigenvalue weighted by Gasteiger charge is -2.37. The zero-order valence-electron chi connectivity index (χ0n) is 9.56. The molecule has 2 rings (SSSR count). The summed E-state index contributed by atoms with van der Waals surface area (Å²) in [6.45, 7) is 5.79. The number of nitrogens with zero attached hydrogens (tertiary/aromatic N) is 3. The van der Waals surface area contributed by atoms with Gasteiger partial charge in [-0.3, -0.25) is 0 Å². The number of anilines is 1. The summed E-state index contributed by atoms with van der Waals surface area (Å²) in [7, 11) is 0. The van der Waals surface area contributed by atoms with Gasteiger partial charge in [0.1, 0.15) is 0 Å². The first-order chi connectivity index (χ1) is 7.70. The van der Waals surface area contributed by atoms with Crippen LogP contribution in [0.15, 0.2) is 12.1 Å². The van der Waals surface area contributed by atoms with Crippen molar-refractivity contribution in [2.75, 3.05) is 18.1 Å². The van der Waals surface area contributed by atoms with Crippen LogP contribution in [0.2, 0.25) is 0 Å². The van der Waals surface area contributed by atoms with Crippen LogP contribution in [-0.2, 0) is 10.6 Å². The fraction of sp³-hybridized carbons (Fsp3) is 0.636. The van der Waals surface area contributed by atoms with Crippen LogP contribution in [0.1, 0.15) is 19.5 Å². The van der Waals surface area contributed by atoms with E-state index < -0.39 is 0 Å². The van der Waals surface area contributed by atoms with Crippen LogP contribution in [0.5, 0.6) is 0 Å². The second-order valence-corrected chi connectivity index (χ2v) is 4.43. The van der Waals surface area contributed by atoms with Gasteiger partial charge in [-0.15, -0.1) is 16.7 Å². The molecular weight excluding hydrogens is 226 g/mol. The summed E-state index contributed by atoms with van der Waals surface area (Å²) >= 11 is 5.68. The number of hydrogen-bond donors (Lipinski definition) is 0. The molecule has 1 aromatic rings. The highest BCUT2D eigenvalue weighted by Gasteiger charge is 2.24. The molecule has 4 nitrogen and oxygen atoms in total. The molecule has 0 spiro atoms. The highest BCUT2D eigenvalue weighted by atomic mass is 35.5. The Morgan fingerprint density at radius 3 is 2.88 bits per heavy atom. The highest BCUT2D eigenvalue weighted by molar-refractivity contribution is 6.16. The molecule has 1 fully saturated rings. The Labute approximate surface area is 101 Å². The highest BCUT2D eigenvalue weighted by Crippen LogP contribution is 2.19. The summed E-state index contributed by atoms with van der Waals surface area (Å²) in [4.78, 5) is 2.22. The van der Waals surface area contributed by atoms with Gasteiger partial charge in [-0.2, -0.15) is 5.10 Å². The smallest absolute Gasteiger partial charge is 0.151 e. The van der Waals surface area contributed by atoms with E-state index in [-0.39, 0.29) is 6.10 Å². The zero-order chi connectivity index (χ0) is 11.5. The minimum Gasteiger partial charge on any atom is -0.375 e. The lowest BCUT2D eigenvalue weighted by molar-refractivity contribution is 0.0340. The van der Waals surface area contributed by atoms with E-state index in [1.54, 1.807) is 0 Å². The fourth-order valence-electron chi connectivity index (χ4n) is 1.80. The summed E-state index contributed by atoms with van der Waals surface area (Å²) in [6, 6.07) is 4.23. The van der Waals surface area contributed by atoms with E-state index >= 15 is 0 Å². The van der Waals surface area contributed by atoms with E-state index in [0.717, 1.165) is 24.7 Å². The molecule has 1 saturated heterocycles. The van der Waals surface area contributed by atoms with Gasteiger partial charge in [-0.05, 0) is 26.0 Å². The number of aromatic nitrogens is 2. The van der Waals surface area contributed by atoms with Crippen LogP contribution in [0.25, 0.3) is 0 Å². The number of morpholine rings is 1. The van der Waals surface area contributed by atoms with Crippen LogP contribution >= 0.6 is 11.6 Å². The maximum absolute atomic E-state index is 5.68. The molecule has 16 heavy (non-hydrogen) atoms. The van der Waals surface area contributed by atoms with E-state index in [0.29, 0.717) is 11.9 Å². The van der Waals surface area contributed by atoms with Crippen molar-refractivity contribution in [1.82, 2.24) is 10.2 Å². The topological polar surface area (TPSA) is 38.2 Å². The fourth-order valence-corrected chi connectivity index (χ4v) is 1.94. The molecule has 0 N–H and O–H groups in total. The standard InChI is InChI=1S/C11H16ClN3O/c1-8-7-16-9(2)6-15(8)11-4-3-10(5-12)13-14-11/h3-4,8-9H,5-7H2,1-2H3. The van der Waals surface area contributed by atoms with Gasteiger partial charge >= 0.3 is 0 Å². The third-order valence-electron chi connectivity index (χ3n) is 2.74. The largest absolute Gasteiger partial charge is 0.375 e. The molecule has 2 atom stereocenters. The average molecular weight is 242 g/mol. The first-order valence-electron chi connectivity index (χ1n) is 5.47. The molecule has 1 aliphatic heterocycles.